The van der Waals surface area contributed by atoms with Crippen molar-refractivity contribution >= 4 is 5.91 Å². The van der Waals surface area contributed by atoms with E-state index in [1.165, 1.54) is 5.56 Å². The number of carbonyl (C=O) groups is 1. The zero-order valence-electron chi connectivity index (χ0n) is 14.6. The van der Waals surface area contributed by atoms with E-state index in [-0.39, 0.29) is 12.5 Å². The molecule has 4 nitrogen and oxygen atoms in total. The molecule has 1 N–H and O–H groups in total. The van der Waals surface area contributed by atoms with Crippen LogP contribution >= 0.6 is 0 Å². The Hall–Kier alpha value is -2.17. The fourth-order valence-electron chi connectivity index (χ4n) is 3.31. The molecule has 0 aliphatic carbocycles. The van der Waals surface area contributed by atoms with E-state index in [2.05, 4.69) is 17.0 Å². The van der Waals surface area contributed by atoms with E-state index >= 15 is 0 Å². The first kappa shape index (κ1) is 17.6. The van der Waals surface area contributed by atoms with Crippen molar-refractivity contribution in [2.75, 3.05) is 26.2 Å². The molecule has 132 valence electrons. The molecule has 0 spiro atoms. The van der Waals surface area contributed by atoms with E-state index in [1.807, 2.05) is 47.4 Å². The Bertz CT molecular complexity index is 664. The topological polar surface area (TPSA) is 43.8 Å². The summed E-state index contributed by atoms with van der Waals surface area (Å²) in [5, 5.41) is 9.34. The smallest absolute Gasteiger partial charge is 0.253 e. The number of rotatable bonds is 7. The van der Waals surface area contributed by atoms with Crippen LogP contribution in [0, 0.1) is 0 Å². The van der Waals surface area contributed by atoms with Crippen LogP contribution in [-0.4, -0.2) is 47.1 Å². The minimum Gasteiger partial charge on any atom is -0.395 e. The molecule has 3 rings (SSSR count). The third-order valence-corrected chi connectivity index (χ3v) is 4.67. The molecule has 4 heteroatoms. The Morgan fingerprint density at radius 3 is 2.12 bits per heavy atom. The van der Waals surface area contributed by atoms with Crippen LogP contribution in [0.15, 0.2) is 54.6 Å². The number of carbonyl (C=O) groups excluding carboxylic acids is 1. The van der Waals surface area contributed by atoms with Crippen LogP contribution in [0.4, 0.5) is 0 Å². The van der Waals surface area contributed by atoms with Crippen molar-refractivity contribution in [1.82, 2.24) is 9.80 Å². The van der Waals surface area contributed by atoms with Crippen LogP contribution in [0.5, 0.6) is 0 Å². The number of likely N-dealkylation sites (tertiary alicyclic amines) is 1. The lowest BCUT2D eigenvalue weighted by molar-refractivity contribution is 0.0793. The second kappa shape index (κ2) is 8.79. The second-order valence-electron chi connectivity index (χ2n) is 6.62. The van der Waals surface area contributed by atoms with Crippen LogP contribution < -0.4 is 0 Å². The summed E-state index contributed by atoms with van der Waals surface area (Å²) in [5.74, 6) is 0.139. The van der Waals surface area contributed by atoms with Crippen LogP contribution in [0.2, 0.25) is 0 Å². The van der Waals surface area contributed by atoms with Crippen LogP contribution in [0.1, 0.15) is 34.3 Å². The van der Waals surface area contributed by atoms with Crippen molar-refractivity contribution in [3.8, 4) is 0 Å². The first-order valence-corrected chi connectivity index (χ1v) is 9.01. The van der Waals surface area contributed by atoms with Gasteiger partial charge < -0.3 is 10.0 Å². The fraction of sp³-hybridized carbons (Fsp3) is 0.381. The molecular weight excluding hydrogens is 312 g/mol. The third-order valence-electron chi connectivity index (χ3n) is 4.67. The molecule has 0 atom stereocenters. The van der Waals surface area contributed by atoms with E-state index in [4.69, 9.17) is 0 Å². The van der Waals surface area contributed by atoms with Crippen LogP contribution in [-0.2, 0) is 13.1 Å². The van der Waals surface area contributed by atoms with Crippen molar-refractivity contribution in [2.24, 2.45) is 0 Å². The Kier molecular flexibility index (Phi) is 6.20. The van der Waals surface area contributed by atoms with Gasteiger partial charge in [0.2, 0.25) is 0 Å². The fourth-order valence-corrected chi connectivity index (χ4v) is 3.31. The summed E-state index contributed by atoms with van der Waals surface area (Å²) in [6.07, 6.45) is 2.22. The zero-order valence-corrected chi connectivity index (χ0v) is 14.6. The van der Waals surface area contributed by atoms with Gasteiger partial charge in [0.25, 0.3) is 5.91 Å². The highest BCUT2D eigenvalue weighted by molar-refractivity contribution is 5.94. The SMILES string of the molecule is O=C(c1ccc(CN(CCO)Cc2ccccc2)cc1)N1CCCC1. The van der Waals surface area contributed by atoms with E-state index in [0.29, 0.717) is 6.54 Å². The minimum atomic E-state index is 0.137. The van der Waals surface area contributed by atoms with Gasteiger partial charge in [0.05, 0.1) is 6.61 Å². The average molecular weight is 338 g/mol. The highest BCUT2D eigenvalue weighted by Gasteiger charge is 2.19. The Morgan fingerprint density at radius 1 is 0.920 bits per heavy atom. The molecule has 1 amide bonds. The molecule has 0 saturated carbocycles. The van der Waals surface area contributed by atoms with Gasteiger partial charge in [-0.25, -0.2) is 0 Å². The van der Waals surface area contributed by atoms with Gasteiger partial charge in [-0.15, -0.1) is 0 Å². The summed E-state index contributed by atoms with van der Waals surface area (Å²) in [7, 11) is 0. The van der Waals surface area contributed by atoms with Gasteiger partial charge in [-0.2, -0.15) is 0 Å². The van der Waals surface area contributed by atoms with E-state index < -0.39 is 0 Å². The molecule has 2 aromatic carbocycles. The highest BCUT2D eigenvalue weighted by Crippen LogP contribution is 2.15. The summed E-state index contributed by atoms with van der Waals surface area (Å²) in [4.78, 5) is 16.6. The molecule has 25 heavy (non-hydrogen) atoms. The summed E-state index contributed by atoms with van der Waals surface area (Å²) in [6.45, 7) is 4.08. The maximum absolute atomic E-state index is 12.4. The first-order chi connectivity index (χ1) is 12.3. The molecule has 2 aromatic rings. The van der Waals surface area contributed by atoms with Crippen molar-refractivity contribution in [2.45, 2.75) is 25.9 Å². The van der Waals surface area contributed by atoms with Crippen molar-refractivity contribution in [1.29, 1.82) is 0 Å². The Balaban J connectivity index is 1.62. The van der Waals surface area contributed by atoms with Gasteiger partial charge in [-0.05, 0) is 36.1 Å². The van der Waals surface area contributed by atoms with E-state index in [9.17, 15) is 9.90 Å². The van der Waals surface area contributed by atoms with Crippen molar-refractivity contribution in [3.63, 3.8) is 0 Å². The second-order valence-corrected chi connectivity index (χ2v) is 6.62. The normalized spacial score (nSPS) is 14.2. The maximum atomic E-state index is 12.4. The molecule has 0 bridgehead atoms. The molecule has 1 fully saturated rings. The number of hydrogen-bond donors (Lipinski definition) is 1. The number of benzene rings is 2. The minimum absolute atomic E-state index is 0.137. The van der Waals surface area contributed by atoms with Crippen molar-refractivity contribution in [3.05, 3.63) is 71.3 Å². The lowest BCUT2D eigenvalue weighted by Crippen LogP contribution is -2.28. The standard InChI is InChI=1S/C21H26N2O2/c24-15-14-22(16-18-6-2-1-3-7-18)17-19-8-10-20(11-9-19)21(25)23-12-4-5-13-23/h1-3,6-11,24H,4-5,12-17H2. The number of nitrogens with zero attached hydrogens (tertiary/aromatic N) is 2. The summed E-state index contributed by atoms with van der Waals surface area (Å²) in [5.41, 5.74) is 3.15. The van der Waals surface area contributed by atoms with E-state index in [0.717, 1.165) is 50.1 Å². The van der Waals surface area contributed by atoms with E-state index in [1.54, 1.807) is 0 Å². The monoisotopic (exact) mass is 338 g/mol. The maximum Gasteiger partial charge on any atom is 0.253 e. The van der Waals surface area contributed by atoms with Gasteiger partial charge in [-0.1, -0.05) is 42.5 Å². The van der Waals surface area contributed by atoms with Crippen molar-refractivity contribution < 1.29 is 9.90 Å². The number of aliphatic hydroxyl groups is 1. The molecule has 0 aromatic heterocycles. The predicted molar refractivity (Wildman–Crippen MR) is 99.2 cm³/mol. The molecular formula is C21H26N2O2. The lowest BCUT2D eigenvalue weighted by atomic mass is 10.1. The molecule has 1 saturated heterocycles. The lowest BCUT2D eigenvalue weighted by Gasteiger charge is -2.22. The molecule has 1 aliphatic heterocycles. The third kappa shape index (κ3) is 4.91. The zero-order chi connectivity index (χ0) is 17.5. The van der Waals surface area contributed by atoms with Gasteiger partial charge in [-0.3, -0.25) is 9.69 Å². The summed E-state index contributed by atoms with van der Waals surface area (Å²) >= 11 is 0. The van der Waals surface area contributed by atoms with Crippen LogP contribution in [0.25, 0.3) is 0 Å². The predicted octanol–water partition coefficient (Wildman–Crippen LogP) is 2.92. The Morgan fingerprint density at radius 2 is 1.52 bits per heavy atom. The van der Waals surface area contributed by atoms with Gasteiger partial charge in [0.15, 0.2) is 0 Å². The number of aliphatic hydroxyl groups excluding tert-OH is 1. The largest absolute Gasteiger partial charge is 0.395 e. The number of amides is 1. The summed E-state index contributed by atoms with van der Waals surface area (Å²) in [6, 6.07) is 18.2. The summed E-state index contributed by atoms with van der Waals surface area (Å²) < 4.78 is 0. The average Bonchev–Trinajstić information content (AvgIpc) is 3.17. The first-order valence-electron chi connectivity index (χ1n) is 9.01. The van der Waals surface area contributed by atoms with Gasteiger partial charge in [0, 0.05) is 38.3 Å². The molecule has 1 aliphatic rings. The highest BCUT2D eigenvalue weighted by atomic mass is 16.3. The van der Waals surface area contributed by atoms with Gasteiger partial charge >= 0.3 is 0 Å². The quantitative estimate of drug-likeness (QED) is 0.844. The Labute approximate surface area is 149 Å². The molecule has 0 radical (unpaired) electrons. The molecule has 1 heterocycles. The number of hydrogen-bond acceptors (Lipinski definition) is 3. The molecule has 0 unspecified atom stereocenters. The van der Waals surface area contributed by atoms with Gasteiger partial charge in [0.1, 0.15) is 0 Å². The van der Waals surface area contributed by atoms with Crippen LogP contribution in [0.3, 0.4) is 0 Å².